The number of anilines is 2. The number of oxazole rings is 1. The number of aliphatic carboxylic acids is 1. The Labute approximate surface area is 254 Å². The van der Waals surface area contributed by atoms with Gasteiger partial charge >= 0.3 is 18.2 Å². The van der Waals surface area contributed by atoms with Crippen LogP contribution in [0.25, 0.3) is 11.5 Å². The van der Waals surface area contributed by atoms with Crippen LogP contribution >= 0.6 is 0 Å². The molecule has 17 heteroatoms. The number of carboxylic acid groups (broad SMARTS) is 1. The van der Waals surface area contributed by atoms with E-state index >= 15 is 0 Å². The van der Waals surface area contributed by atoms with Gasteiger partial charge in [0.05, 0.1) is 23.3 Å². The van der Waals surface area contributed by atoms with E-state index < -0.39 is 59.5 Å². The highest BCUT2D eigenvalue weighted by molar-refractivity contribution is 6.07. The van der Waals surface area contributed by atoms with Crippen LogP contribution in [0.1, 0.15) is 74.4 Å². The lowest BCUT2D eigenvalue weighted by molar-refractivity contribution is -0.143. The highest BCUT2D eigenvalue weighted by Crippen LogP contribution is 2.38. The maximum atomic E-state index is 13.3. The topological polar surface area (TPSA) is 196 Å². The second-order valence-corrected chi connectivity index (χ2v) is 11.9. The van der Waals surface area contributed by atoms with Crippen LogP contribution in [0.2, 0.25) is 0 Å². The predicted molar refractivity (Wildman–Crippen MR) is 151 cm³/mol. The summed E-state index contributed by atoms with van der Waals surface area (Å²) in [5.74, 6) is -3.65. The molecule has 0 aromatic carbocycles. The first-order valence-corrected chi connectivity index (χ1v) is 13.8. The number of hydrogen-bond donors (Lipinski definition) is 3. The van der Waals surface area contributed by atoms with E-state index in [-0.39, 0.29) is 28.5 Å². The molecule has 0 bridgehead atoms. The van der Waals surface area contributed by atoms with Crippen molar-refractivity contribution in [3.05, 3.63) is 42.2 Å². The average Bonchev–Trinajstić information content (AvgIpc) is 3.59. The number of halogens is 3. The number of primary amides is 1. The van der Waals surface area contributed by atoms with E-state index in [2.05, 4.69) is 20.4 Å². The maximum Gasteiger partial charge on any atom is 0.416 e. The molecule has 242 valence electrons. The first-order chi connectivity index (χ1) is 20.8. The van der Waals surface area contributed by atoms with Crippen LogP contribution in [0.5, 0.6) is 0 Å². The fourth-order valence-corrected chi connectivity index (χ4v) is 4.77. The molecule has 3 amide bonds. The Hall–Kier alpha value is -4.96. The van der Waals surface area contributed by atoms with Crippen LogP contribution in [0.15, 0.2) is 35.2 Å². The lowest BCUT2D eigenvalue weighted by Crippen LogP contribution is -2.42. The van der Waals surface area contributed by atoms with Gasteiger partial charge in [-0.2, -0.15) is 18.3 Å². The van der Waals surface area contributed by atoms with Gasteiger partial charge in [0, 0.05) is 11.8 Å². The standard InChI is InChI=1S/C28H32F3N7O7/c1-26(2,3)45-25(43)37(14-28(29,30)31)19-11-16(7-10-33-19)23-35-18(13-44-23)22(40)34-17-12-38(36-20(17)21(32)39)27(4)8-5-15(6-9-27)24(41)42/h7,10-13,15H,5-6,8-9,14H2,1-4H3,(H2,32,39)(H,34,40)(H,41,42). The molecule has 4 rings (SSSR count). The summed E-state index contributed by atoms with van der Waals surface area (Å²) in [5, 5.41) is 16.1. The lowest BCUT2D eigenvalue weighted by Gasteiger charge is -2.36. The molecule has 3 aromatic heterocycles. The summed E-state index contributed by atoms with van der Waals surface area (Å²) in [6.07, 6.45) is -0.733. The van der Waals surface area contributed by atoms with Crippen molar-refractivity contribution in [2.24, 2.45) is 11.7 Å². The van der Waals surface area contributed by atoms with E-state index in [1.807, 2.05) is 6.92 Å². The Bertz CT molecular complexity index is 1600. The molecule has 4 N–H and O–H groups in total. The van der Waals surface area contributed by atoms with Crippen molar-refractivity contribution in [2.45, 2.75) is 70.7 Å². The van der Waals surface area contributed by atoms with Gasteiger partial charge < -0.3 is 25.3 Å². The molecule has 14 nitrogen and oxygen atoms in total. The fraction of sp³-hybridized carbons (Fsp3) is 0.464. The number of pyridine rings is 1. The Morgan fingerprint density at radius 1 is 1.22 bits per heavy atom. The van der Waals surface area contributed by atoms with Crippen LogP contribution in [-0.4, -0.2) is 67.1 Å². The summed E-state index contributed by atoms with van der Waals surface area (Å²) in [7, 11) is 0. The summed E-state index contributed by atoms with van der Waals surface area (Å²) in [4.78, 5) is 57.5. The second-order valence-electron chi connectivity index (χ2n) is 11.9. The van der Waals surface area contributed by atoms with Crippen LogP contribution in [0.3, 0.4) is 0 Å². The third-order valence-electron chi connectivity index (χ3n) is 7.12. The van der Waals surface area contributed by atoms with Crippen LogP contribution in [-0.2, 0) is 15.1 Å². The van der Waals surface area contributed by atoms with E-state index in [0.29, 0.717) is 30.6 Å². The number of aromatic nitrogens is 4. The molecule has 0 radical (unpaired) electrons. The molecule has 1 saturated carbocycles. The van der Waals surface area contributed by atoms with Gasteiger partial charge in [-0.05, 0) is 65.5 Å². The summed E-state index contributed by atoms with van der Waals surface area (Å²) in [6.45, 7) is 4.70. The largest absolute Gasteiger partial charge is 0.481 e. The van der Waals surface area contributed by atoms with Gasteiger partial charge in [-0.15, -0.1) is 0 Å². The van der Waals surface area contributed by atoms with Crippen molar-refractivity contribution in [3.63, 3.8) is 0 Å². The van der Waals surface area contributed by atoms with Crippen molar-refractivity contribution in [1.29, 1.82) is 0 Å². The quantitative estimate of drug-likeness (QED) is 0.315. The zero-order chi connectivity index (χ0) is 33.3. The van der Waals surface area contributed by atoms with Gasteiger partial charge in [0.15, 0.2) is 11.4 Å². The highest BCUT2D eigenvalue weighted by atomic mass is 19.4. The average molecular weight is 636 g/mol. The molecule has 0 saturated heterocycles. The Morgan fingerprint density at radius 2 is 1.89 bits per heavy atom. The zero-order valence-corrected chi connectivity index (χ0v) is 24.8. The minimum absolute atomic E-state index is 0.00927. The van der Waals surface area contributed by atoms with E-state index in [4.69, 9.17) is 14.9 Å². The van der Waals surface area contributed by atoms with Crippen LogP contribution in [0, 0.1) is 5.92 Å². The van der Waals surface area contributed by atoms with Gasteiger partial charge in [0.1, 0.15) is 24.2 Å². The zero-order valence-electron chi connectivity index (χ0n) is 24.8. The van der Waals surface area contributed by atoms with E-state index in [0.717, 1.165) is 18.5 Å². The van der Waals surface area contributed by atoms with Crippen LogP contribution in [0.4, 0.5) is 29.5 Å². The Balaban J connectivity index is 1.55. The fourth-order valence-electron chi connectivity index (χ4n) is 4.77. The number of hydrogen-bond acceptors (Lipinski definition) is 9. The van der Waals surface area contributed by atoms with Gasteiger partial charge in [-0.3, -0.25) is 24.0 Å². The van der Waals surface area contributed by atoms with Gasteiger partial charge in [0.25, 0.3) is 11.8 Å². The number of carboxylic acids is 1. The molecule has 3 heterocycles. The molecule has 1 aliphatic rings. The first kappa shape index (κ1) is 32.9. The number of alkyl halides is 3. The SMILES string of the molecule is CC(C)(C)OC(=O)N(CC(F)(F)F)c1cc(-c2nc(C(=O)Nc3cn(C4(C)CCC(C(=O)O)CC4)nc3C(N)=O)co2)ccn1. The molecule has 3 aromatic rings. The molecular formula is C28H32F3N7O7. The number of nitrogens with two attached hydrogens (primary N) is 1. The number of nitrogens with one attached hydrogen (secondary N) is 1. The lowest BCUT2D eigenvalue weighted by atomic mass is 9.78. The molecule has 1 aliphatic carbocycles. The van der Waals surface area contributed by atoms with E-state index in [1.54, 1.807) is 0 Å². The number of ether oxygens (including phenoxy) is 1. The maximum absolute atomic E-state index is 13.3. The summed E-state index contributed by atoms with van der Waals surface area (Å²) in [6, 6.07) is 2.48. The monoisotopic (exact) mass is 635 g/mol. The van der Waals surface area contributed by atoms with Gasteiger partial charge in [0.2, 0.25) is 5.89 Å². The van der Waals surface area contributed by atoms with Crippen molar-refractivity contribution in [1.82, 2.24) is 19.7 Å². The van der Waals surface area contributed by atoms with Crippen LogP contribution < -0.4 is 16.0 Å². The second kappa shape index (κ2) is 12.2. The number of amides is 3. The highest BCUT2D eigenvalue weighted by Gasteiger charge is 2.38. The third kappa shape index (κ3) is 7.96. The minimum atomic E-state index is -4.77. The third-order valence-corrected chi connectivity index (χ3v) is 7.12. The summed E-state index contributed by atoms with van der Waals surface area (Å²) >= 11 is 0. The molecule has 0 atom stereocenters. The van der Waals surface area contributed by atoms with Crippen molar-refractivity contribution in [3.8, 4) is 11.5 Å². The molecular weight excluding hydrogens is 603 g/mol. The first-order valence-electron chi connectivity index (χ1n) is 13.8. The van der Waals surface area contributed by atoms with Crippen molar-refractivity contribution >= 4 is 35.4 Å². The smallest absolute Gasteiger partial charge is 0.416 e. The number of nitrogens with zero attached hydrogens (tertiary/aromatic N) is 5. The van der Waals surface area contributed by atoms with Gasteiger partial charge in [-0.25, -0.2) is 14.8 Å². The predicted octanol–water partition coefficient (Wildman–Crippen LogP) is 4.58. The Morgan fingerprint density at radius 3 is 2.47 bits per heavy atom. The molecule has 0 aliphatic heterocycles. The minimum Gasteiger partial charge on any atom is -0.481 e. The molecule has 45 heavy (non-hydrogen) atoms. The van der Waals surface area contributed by atoms with E-state index in [9.17, 15) is 37.5 Å². The molecule has 0 spiro atoms. The van der Waals surface area contributed by atoms with Gasteiger partial charge in [-0.1, -0.05) is 0 Å². The summed E-state index contributed by atoms with van der Waals surface area (Å²) in [5.41, 5.74) is 3.41. The number of carbonyl (C=O) groups is 4. The summed E-state index contributed by atoms with van der Waals surface area (Å²) < 4.78 is 52.0. The normalized spacial score (nSPS) is 18.7. The molecule has 1 fully saturated rings. The van der Waals surface area contributed by atoms with Crippen molar-refractivity contribution in [2.75, 3.05) is 16.8 Å². The number of carbonyl (C=O) groups excluding carboxylic acids is 3. The molecule has 0 unspecified atom stereocenters. The van der Waals surface area contributed by atoms with Crippen molar-refractivity contribution < 1.29 is 46.6 Å². The number of rotatable bonds is 8. The Kier molecular flexibility index (Phi) is 8.93. The van der Waals surface area contributed by atoms with E-state index in [1.165, 1.54) is 37.7 Å².